The summed E-state index contributed by atoms with van der Waals surface area (Å²) < 4.78 is 44.2. The highest BCUT2D eigenvalue weighted by Gasteiger charge is 2.46. The van der Waals surface area contributed by atoms with E-state index in [1.165, 1.54) is 37.1 Å². The van der Waals surface area contributed by atoms with Gasteiger partial charge in [0, 0.05) is 24.8 Å². The summed E-state index contributed by atoms with van der Waals surface area (Å²) in [4.78, 5) is 25.6. The van der Waals surface area contributed by atoms with Crippen LogP contribution in [-0.4, -0.2) is 56.5 Å². The molecule has 0 spiro atoms. The molecule has 152 valence electrons. The first kappa shape index (κ1) is 21.5. The Bertz CT molecular complexity index is 876. The average molecular weight is 403 g/mol. The van der Waals surface area contributed by atoms with Crippen LogP contribution in [0.15, 0.2) is 33.3 Å². The smallest absolute Gasteiger partial charge is 0.330 e. The first-order valence-corrected chi connectivity index (χ1v) is 10.0. The van der Waals surface area contributed by atoms with Gasteiger partial charge in [0.25, 0.3) is 5.56 Å². The number of ether oxygens (including phenoxy) is 3. The van der Waals surface area contributed by atoms with E-state index in [0.29, 0.717) is 0 Å². The molecule has 0 saturated carbocycles. The Morgan fingerprint density at radius 1 is 1.41 bits per heavy atom. The minimum Gasteiger partial charge on any atom is -0.374 e. The van der Waals surface area contributed by atoms with Gasteiger partial charge in [-0.1, -0.05) is 6.92 Å². The number of hydrogen-bond donors (Lipinski definition) is 2. The molecule has 2 N–H and O–H groups in total. The van der Waals surface area contributed by atoms with Crippen LogP contribution in [0.5, 0.6) is 0 Å². The molecule has 0 amide bonds. The number of sulfonamides is 1. The fraction of sp³-hybridized carbons (Fsp3) is 0.625. The molecular formula is C16H25N3O7S. The van der Waals surface area contributed by atoms with Gasteiger partial charge < -0.3 is 14.2 Å². The van der Waals surface area contributed by atoms with Crippen LogP contribution in [0.1, 0.15) is 26.5 Å². The first-order chi connectivity index (χ1) is 12.7. The van der Waals surface area contributed by atoms with E-state index < -0.39 is 45.8 Å². The van der Waals surface area contributed by atoms with Crippen molar-refractivity contribution in [3.05, 3.63) is 44.6 Å². The van der Waals surface area contributed by atoms with Gasteiger partial charge in [-0.25, -0.2) is 17.9 Å². The van der Waals surface area contributed by atoms with Gasteiger partial charge in [-0.05, 0) is 26.5 Å². The molecule has 5 atom stereocenters. The van der Waals surface area contributed by atoms with Crippen molar-refractivity contribution in [1.82, 2.24) is 14.3 Å². The fourth-order valence-corrected chi connectivity index (χ4v) is 3.19. The first-order valence-electron chi connectivity index (χ1n) is 8.49. The van der Waals surface area contributed by atoms with Crippen LogP contribution in [0.2, 0.25) is 0 Å². The van der Waals surface area contributed by atoms with E-state index in [9.17, 15) is 18.0 Å². The zero-order chi connectivity index (χ0) is 20.2. The number of nitrogens with one attached hydrogen (secondary N) is 2. The van der Waals surface area contributed by atoms with Crippen molar-refractivity contribution < 1.29 is 22.6 Å². The van der Waals surface area contributed by atoms with Gasteiger partial charge in [-0.3, -0.25) is 14.3 Å². The predicted octanol–water partition coefficient (Wildman–Crippen LogP) is -0.304. The monoisotopic (exact) mass is 403 g/mol. The number of methoxy groups -OCH3 is 1. The van der Waals surface area contributed by atoms with E-state index in [1.807, 2.05) is 13.8 Å². The minimum atomic E-state index is -3.61. The van der Waals surface area contributed by atoms with Crippen LogP contribution in [-0.2, 0) is 24.2 Å². The molecule has 1 unspecified atom stereocenters. The maximum atomic E-state index is 12.2. The Hall–Kier alpha value is -1.79. The molecule has 0 aromatic carbocycles. The lowest BCUT2D eigenvalue weighted by atomic mass is 10.1. The predicted molar refractivity (Wildman–Crippen MR) is 97.8 cm³/mol. The Morgan fingerprint density at radius 3 is 2.67 bits per heavy atom. The summed E-state index contributed by atoms with van der Waals surface area (Å²) in [6.45, 7) is 3.82. The molecule has 1 saturated heterocycles. The summed E-state index contributed by atoms with van der Waals surface area (Å²) in [6, 6.07) is 1.19. The van der Waals surface area contributed by atoms with Crippen molar-refractivity contribution >= 4 is 10.0 Å². The Labute approximate surface area is 157 Å². The number of aromatic amines is 1. The third-order valence-electron chi connectivity index (χ3n) is 4.32. The molecule has 0 aliphatic carbocycles. The van der Waals surface area contributed by atoms with Gasteiger partial charge in [0.2, 0.25) is 10.0 Å². The molecular weight excluding hydrogens is 378 g/mol. The number of hydrogen-bond acceptors (Lipinski definition) is 7. The van der Waals surface area contributed by atoms with Crippen molar-refractivity contribution in [3.63, 3.8) is 0 Å². The van der Waals surface area contributed by atoms with Crippen molar-refractivity contribution in [2.75, 3.05) is 14.2 Å². The summed E-state index contributed by atoms with van der Waals surface area (Å²) in [5, 5.41) is 0.982. The number of aromatic nitrogens is 2. The molecule has 1 aromatic heterocycles. The number of H-pyrrole nitrogens is 1. The Morgan fingerprint density at radius 2 is 2.11 bits per heavy atom. The van der Waals surface area contributed by atoms with Crippen LogP contribution >= 0.6 is 0 Å². The van der Waals surface area contributed by atoms with Gasteiger partial charge >= 0.3 is 5.69 Å². The van der Waals surface area contributed by atoms with Crippen molar-refractivity contribution in [3.8, 4) is 0 Å². The third-order valence-corrected chi connectivity index (χ3v) is 5.40. The van der Waals surface area contributed by atoms with Crippen molar-refractivity contribution in [2.24, 2.45) is 0 Å². The van der Waals surface area contributed by atoms with E-state index in [-0.39, 0.29) is 6.10 Å². The van der Waals surface area contributed by atoms with Gasteiger partial charge in [0.15, 0.2) is 6.23 Å². The summed E-state index contributed by atoms with van der Waals surface area (Å²) in [5.41, 5.74) is -1.20. The van der Waals surface area contributed by atoms with E-state index in [1.54, 1.807) is 0 Å². The largest absolute Gasteiger partial charge is 0.374 e. The highest BCUT2D eigenvalue weighted by molar-refractivity contribution is 7.92. The highest BCUT2D eigenvalue weighted by Crippen LogP contribution is 2.34. The second-order valence-electron chi connectivity index (χ2n) is 6.11. The van der Waals surface area contributed by atoms with Crippen LogP contribution in [0, 0.1) is 0 Å². The van der Waals surface area contributed by atoms with Gasteiger partial charge in [-0.2, -0.15) is 0 Å². The van der Waals surface area contributed by atoms with Crippen molar-refractivity contribution in [1.29, 1.82) is 0 Å². The lowest BCUT2D eigenvalue weighted by Crippen LogP contribution is -2.40. The van der Waals surface area contributed by atoms with Crippen LogP contribution in [0.4, 0.5) is 0 Å². The topological polar surface area (TPSA) is 129 Å². The lowest BCUT2D eigenvalue weighted by molar-refractivity contribution is -0.0818. The van der Waals surface area contributed by atoms with E-state index >= 15 is 0 Å². The molecule has 2 rings (SSSR count). The molecule has 0 radical (unpaired) electrons. The van der Waals surface area contributed by atoms with Gasteiger partial charge in [0.1, 0.15) is 18.3 Å². The molecule has 1 aromatic rings. The molecule has 11 heteroatoms. The van der Waals surface area contributed by atoms with E-state index in [4.69, 9.17) is 14.2 Å². The minimum absolute atomic E-state index is 0.140. The molecule has 27 heavy (non-hydrogen) atoms. The molecule has 1 fully saturated rings. The highest BCUT2D eigenvalue weighted by atomic mass is 32.2. The van der Waals surface area contributed by atoms with E-state index in [0.717, 1.165) is 11.8 Å². The standard InChI is InChI=1S/C16H25N3O7S/c1-5-10(2)25-13-11(7-9-27(22,23)17-3)26-15(14(13)24-4)19-8-6-12(20)18-16(19)21/h6-11,13-15,17H,5H2,1-4H3,(H,18,20,21)/b9-7+/t10?,11-,13-,14-,15-/m1/s1. The summed E-state index contributed by atoms with van der Waals surface area (Å²) in [7, 11) is -0.867. The summed E-state index contributed by atoms with van der Waals surface area (Å²) in [5.74, 6) is 0. The lowest BCUT2D eigenvalue weighted by Gasteiger charge is -2.25. The van der Waals surface area contributed by atoms with Crippen molar-refractivity contribution in [2.45, 2.75) is 50.9 Å². The normalized spacial score (nSPS) is 27.3. The quantitative estimate of drug-likeness (QED) is 0.609. The molecule has 0 bridgehead atoms. The Balaban J connectivity index is 2.42. The zero-order valence-corrected chi connectivity index (χ0v) is 16.4. The molecule has 1 aliphatic rings. The van der Waals surface area contributed by atoms with Crippen LogP contribution < -0.4 is 16.0 Å². The second-order valence-corrected chi connectivity index (χ2v) is 7.88. The summed E-state index contributed by atoms with van der Waals surface area (Å²) >= 11 is 0. The maximum absolute atomic E-state index is 12.2. The van der Waals surface area contributed by atoms with Crippen LogP contribution in [0.25, 0.3) is 0 Å². The van der Waals surface area contributed by atoms with Gasteiger partial charge in [-0.15, -0.1) is 0 Å². The molecule has 1 aliphatic heterocycles. The van der Waals surface area contributed by atoms with Gasteiger partial charge in [0.05, 0.1) is 6.10 Å². The van der Waals surface area contributed by atoms with Crippen LogP contribution in [0.3, 0.4) is 0 Å². The second kappa shape index (κ2) is 8.93. The Kier molecular flexibility index (Phi) is 7.12. The average Bonchev–Trinajstić information content (AvgIpc) is 2.97. The molecule has 10 nitrogen and oxygen atoms in total. The summed E-state index contributed by atoms with van der Waals surface area (Å²) in [6.07, 6.45) is 0.194. The third kappa shape index (κ3) is 5.14. The zero-order valence-electron chi connectivity index (χ0n) is 15.6. The van der Waals surface area contributed by atoms with E-state index in [2.05, 4.69) is 9.71 Å². The SMILES string of the molecule is CCC(C)O[C@H]1[C@@H](OC)[C@H](n2ccc(=O)[nH]c2=O)O[C@@H]1/C=C/S(=O)(=O)NC. The number of nitrogens with zero attached hydrogens (tertiary/aromatic N) is 1. The fourth-order valence-electron chi connectivity index (χ4n) is 2.69. The molecule has 2 heterocycles. The maximum Gasteiger partial charge on any atom is 0.330 e. The number of rotatable bonds is 8.